The highest BCUT2D eigenvalue weighted by Crippen LogP contribution is 2.20. The topological polar surface area (TPSA) is 110 Å². The maximum Gasteiger partial charge on any atom is 0.328 e. The molecule has 0 radical (unpaired) electrons. The van der Waals surface area contributed by atoms with Crippen molar-refractivity contribution in [3.05, 3.63) is 66.9 Å². The summed E-state index contributed by atoms with van der Waals surface area (Å²) in [6.07, 6.45) is 1.65. The molecule has 26 heavy (non-hydrogen) atoms. The fourth-order valence-corrected chi connectivity index (χ4v) is 2.51. The molecule has 0 saturated carbocycles. The van der Waals surface area contributed by atoms with Crippen LogP contribution in [0.15, 0.2) is 40.1 Å². The Morgan fingerprint density at radius 3 is 2.65 bits per heavy atom. The Labute approximate surface area is 157 Å². The zero-order valence-electron chi connectivity index (χ0n) is 13.5. The minimum Gasteiger partial charge on any atom is -0.454 e. The molecule has 0 fully saturated rings. The Kier molecular flexibility index (Phi) is 6.99. The molecule has 1 aromatic heterocycles. The second-order valence-corrected chi connectivity index (χ2v) is 6.08. The number of benzene rings is 1. The third kappa shape index (κ3) is 6.05. The third-order valence-corrected chi connectivity index (χ3v) is 3.88. The van der Waals surface area contributed by atoms with Crippen LogP contribution in [0.3, 0.4) is 0 Å². The van der Waals surface area contributed by atoms with Crippen molar-refractivity contribution in [3.63, 3.8) is 0 Å². The van der Waals surface area contributed by atoms with E-state index in [2.05, 4.69) is 5.32 Å². The second-order valence-electron chi connectivity index (χ2n) is 5.23. The minimum atomic E-state index is -0.782. The molecule has 0 bridgehead atoms. The van der Waals surface area contributed by atoms with Crippen molar-refractivity contribution in [1.29, 1.82) is 0 Å². The van der Waals surface area contributed by atoms with Gasteiger partial charge in [0, 0.05) is 28.9 Å². The summed E-state index contributed by atoms with van der Waals surface area (Å²) in [7, 11) is 0. The van der Waals surface area contributed by atoms with Crippen molar-refractivity contribution in [3.8, 4) is 0 Å². The molecule has 0 aliphatic rings. The van der Waals surface area contributed by atoms with Crippen molar-refractivity contribution in [2.24, 2.45) is 0 Å². The average Bonchev–Trinajstić information content (AvgIpc) is 2.57. The number of rotatable bonds is 7. The largest absolute Gasteiger partial charge is 0.454 e. The maximum absolute atomic E-state index is 11.7. The first-order valence-corrected chi connectivity index (χ1v) is 8.27. The van der Waals surface area contributed by atoms with Gasteiger partial charge in [0.25, 0.3) is 11.5 Å². The molecule has 138 valence electrons. The highest BCUT2D eigenvalue weighted by atomic mass is 35.5. The fraction of sp³-hybridized carbons (Fsp3) is 0.250. The van der Waals surface area contributed by atoms with E-state index >= 15 is 0 Å². The van der Waals surface area contributed by atoms with Gasteiger partial charge in [0.05, 0.1) is 0 Å². The molecule has 0 atom stereocenters. The molecule has 2 rings (SSSR count). The third-order valence-electron chi connectivity index (χ3n) is 3.29. The van der Waals surface area contributed by atoms with Gasteiger partial charge in [0.1, 0.15) is 6.54 Å². The van der Waals surface area contributed by atoms with Gasteiger partial charge in [0.15, 0.2) is 6.61 Å². The van der Waals surface area contributed by atoms with Crippen molar-refractivity contribution >= 4 is 35.1 Å². The van der Waals surface area contributed by atoms with Crippen molar-refractivity contribution in [1.82, 2.24) is 14.9 Å². The quantitative estimate of drug-likeness (QED) is 0.667. The summed E-state index contributed by atoms with van der Waals surface area (Å²) in [5.74, 6) is -1.27. The van der Waals surface area contributed by atoms with Gasteiger partial charge in [-0.05, 0) is 24.1 Å². The summed E-state index contributed by atoms with van der Waals surface area (Å²) >= 11 is 11.8. The van der Waals surface area contributed by atoms with Crippen molar-refractivity contribution in [2.45, 2.75) is 13.0 Å². The number of hydrogen-bond donors (Lipinski definition) is 2. The standard InChI is InChI=1S/C16H15Cl2N3O5/c17-11-2-1-10(12(18)7-11)3-5-19-14(23)9-26-15(24)8-21-6-4-13(22)20-16(21)25/h1-2,4,6-7H,3,5,8-9H2,(H,19,23)(H,20,22,25). The second kappa shape index (κ2) is 9.21. The van der Waals surface area contributed by atoms with Crippen LogP contribution in [0.25, 0.3) is 0 Å². The summed E-state index contributed by atoms with van der Waals surface area (Å²) in [6, 6.07) is 6.17. The van der Waals surface area contributed by atoms with Crippen LogP contribution in [-0.4, -0.2) is 34.6 Å². The molecule has 0 spiro atoms. The number of amides is 1. The average molecular weight is 400 g/mol. The van der Waals surface area contributed by atoms with Gasteiger partial charge in [-0.25, -0.2) is 4.79 Å². The van der Waals surface area contributed by atoms with Gasteiger partial charge < -0.3 is 10.1 Å². The van der Waals surface area contributed by atoms with Crippen LogP contribution in [0, 0.1) is 0 Å². The number of ether oxygens (including phenoxy) is 1. The van der Waals surface area contributed by atoms with E-state index in [1.165, 1.54) is 6.20 Å². The molecule has 1 aromatic carbocycles. The van der Waals surface area contributed by atoms with E-state index in [-0.39, 0.29) is 0 Å². The molecule has 1 amide bonds. The van der Waals surface area contributed by atoms with Crippen LogP contribution in [-0.2, 0) is 27.3 Å². The number of esters is 1. The van der Waals surface area contributed by atoms with E-state index in [0.717, 1.165) is 16.2 Å². The number of halogens is 2. The van der Waals surface area contributed by atoms with Gasteiger partial charge in [0.2, 0.25) is 0 Å². The number of carbonyl (C=O) groups excluding carboxylic acids is 2. The van der Waals surface area contributed by atoms with E-state index in [9.17, 15) is 19.2 Å². The smallest absolute Gasteiger partial charge is 0.328 e. The maximum atomic E-state index is 11.7. The highest BCUT2D eigenvalue weighted by Gasteiger charge is 2.10. The Morgan fingerprint density at radius 1 is 1.19 bits per heavy atom. The first-order valence-electron chi connectivity index (χ1n) is 7.51. The summed E-state index contributed by atoms with van der Waals surface area (Å²) < 4.78 is 5.75. The number of carbonyl (C=O) groups is 2. The van der Waals surface area contributed by atoms with Gasteiger partial charge in [-0.2, -0.15) is 0 Å². The van der Waals surface area contributed by atoms with Crippen LogP contribution in [0.5, 0.6) is 0 Å². The van der Waals surface area contributed by atoms with E-state index in [4.69, 9.17) is 27.9 Å². The molecule has 2 aromatic rings. The van der Waals surface area contributed by atoms with E-state index in [1.807, 2.05) is 4.98 Å². The summed E-state index contributed by atoms with van der Waals surface area (Å²) in [4.78, 5) is 47.7. The Balaban J connectivity index is 1.73. The number of H-pyrrole nitrogens is 1. The lowest BCUT2D eigenvalue weighted by Gasteiger charge is -2.08. The van der Waals surface area contributed by atoms with Gasteiger partial charge in [-0.15, -0.1) is 0 Å². The van der Waals surface area contributed by atoms with Crippen LogP contribution >= 0.6 is 23.2 Å². The van der Waals surface area contributed by atoms with Gasteiger partial charge in [-0.1, -0.05) is 29.3 Å². The van der Waals surface area contributed by atoms with E-state index < -0.39 is 36.3 Å². The predicted octanol–water partition coefficient (Wildman–Crippen LogP) is 0.745. The molecule has 0 unspecified atom stereocenters. The lowest BCUT2D eigenvalue weighted by molar-refractivity contribution is -0.149. The molecule has 8 nitrogen and oxygen atoms in total. The summed E-state index contributed by atoms with van der Waals surface area (Å²) in [6.45, 7) is -0.592. The van der Waals surface area contributed by atoms with Crippen molar-refractivity contribution in [2.75, 3.05) is 13.2 Å². The SMILES string of the molecule is O=C(COC(=O)Cn1ccc(=O)[nH]c1=O)NCCc1ccc(Cl)cc1Cl. The molecule has 10 heteroatoms. The number of nitrogens with one attached hydrogen (secondary N) is 2. The number of hydrogen-bond acceptors (Lipinski definition) is 5. The normalized spacial score (nSPS) is 10.4. The lowest BCUT2D eigenvalue weighted by Crippen LogP contribution is -2.34. The first kappa shape index (κ1) is 19.7. The molecular weight excluding hydrogens is 385 g/mol. The molecular formula is C16H15Cl2N3O5. The van der Waals surface area contributed by atoms with Gasteiger partial charge in [-0.3, -0.25) is 23.9 Å². The Bertz CT molecular complexity index is 923. The van der Waals surface area contributed by atoms with Crippen LogP contribution in [0.1, 0.15) is 5.56 Å². The lowest BCUT2D eigenvalue weighted by atomic mass is 10.1. The van der Waals surface area contributed by atoms with Gasteiger partial charge >= 0.3 is 11.7 Å². The van der Waals surface area contributed by atoms with Crippen LogP contribution in [0.2, 0.25) is 10.0 Å². The van der Waals surface area contributed by atoms with E-state index in [1.54, 1.807) is 18.2 Å². The predicted molar refractivity (Wildman–Crippen MR) is 95.5 cm³/mol. The number of aromatic amines is 1. The van der Waals surface area contributed by atoms with Crippen molar-refractivity contribution < 1.29 is 14.3 Å². The first-order chi connectivity index (χ1) is 12.3. The summed E-state index contributed by atoms with van der Waals surface area (Å²) in [5.41, 5.74) is -0.482. The fourth-order valence-electron chi connectivity index (χ4n) is 2.01. The molecule has 0 saturated heterocycles. The summed E-state index contributed by atoms with van der Waals surface area (Å²) in [5, 5.41) is 3.62. The van der Waals surface area contributed by atoms with Crippen LogP contribution in [0.4, 0.5) is 0 Å². The Hall–Kier alpha value is -2.58. The number of aromatic nitrogens is 2. The minimum absolute atomic E-state index is 0.303. The zero-order valence-corrected chi connectivity index (χ0v) is 15.0. The molecule has 0 aliphatic carbocycles. The zero-order chi connectivity index (χ0) is 19.1. The molecule has 2 N–H and O–H groups in total. The molecule has 0 aliphatic heterocycles. The monoisotopic (exact) mass is 399 g/mol. The van der Waals surface area contributed by atoms with Crippen LogP contribution < -0.4 is 16.6 Å². The highest BCUT2D eigenvalue weighted by molar-refractivity contribution is 6.35. The van der Waals surface area contributed by atoms with E-state index in [0.29, 0.717) is 23.0 Å². The number of nitrogens with zero attached hydrogens (tertiary/aromatic N) is 1. The Morgan fingerprint density at radius 2 is 1.96 bits per heavy atom. The molecule has 1 heterocycles.